The van der Waals surface area contributed by atoms with E-state index in [4.69, 9.17) is 14.2 Å². The van der Waals surface area contributed by atoms with Crippen LogP contribution in [-0.4, -0.2) is 80.6 Å². The lowest BCUT2D eigenvalue weighted by molar-refractivity contribution is -0.887. The second kappa shape index (κ2) is 34.4. The van der Waals surface area contributed by atoms with E-state index in [0.29, 0.717) is 19.3 Å². The molecule has 51 heavy (non-hydrogen) atoms. The first-order chi connectivity index (χ1) is 24.6. The van der Waals surface area contributed by atoms with E-state index in [9.17, 15) is 19.5 Å². The molecule has 0 fully saturated rings. The summed E-state index contributed by atoms with van der Waals surface area (Å²) in [6.45, 7) is 4.62. The van der Waals surface area contributed by atoms with Crippen LogP contribution in [0.2, 0.25) is 0 Å². The van der Waals surface area contributed by atoms with E-state index in [-0.39, 0.29) is 42.7 Å². The van der Waals surface area contributed by atoms with Gasteiger partial charge in [-0.2, -0.15) is 0 Å². The van der Waals surface area contributed by atoms with E-state index in [1.54, 1.807) is 0 Å². The van der Waals surface area contributed by atoms with E-state index in [1.165, 1.54) is 70.6 Å². The number of unbranched alkanes of at least 4 members (excludes halogenated alkanes) is 13. The smallest absolute Gasteiger partial charge is 0.362 e. The van der Waals surface area contributed by atoms with Crippen LogP contribution < -0.4 is 0 Å². The van der Waals surface area contributed by atoms with Gasteiger partial charge >= 0.3 is 17.9 Å². The Kier molecular flexibility index (Phi) is 32.6. The highest BCUT2D eigenvalue weighted by Gasteiger charge is 2.31. The molecular formula is C43H76NO7+. The van der Waals surface area contributed by atoms with Crippen LogP contribution >= 0.6 is 0 Å². The number of esters is 2. The molecule has 8 heteroatoms. The number of quaternary nitrogens is 1. The molecule has 0 aromatic carbocycles. The highest BCUT2D eigenvalue weighted by Crippen LogP contribution is 2.13. The maximum atomic E-state index is 12.6. The number of ether oxygens (including phenoxy) is 3. The predicted molar refractivity (Wildman–Crippen MR) is 211 cm³/mol. The average molecular weight is 719 g/mol. The SMILES string of the molecule is CCCCC/C=C/C/C=C/C/C=C/C/C=C/CCCC(=O)OCC(COCCC(C(=O)O)[N+](C)(C)C)OC(=O)CCCCCCCCCCCC. The summed E-state index contributed by atoms with van der Waals surface area (Å²) >= 11 is 0. The number of likely N-dealkylation sites (N-methyl/N-ethyl adjacent to an activating group) is 1. The van der Waals surface area contributed by atoms with Crippen LogP contribution in [-0.2, 0) is 28.6 Å². The maximum absolute atomic E-state index is 12.6. The zero-order valence-corrected chi connectivity index (χ0v) is 33.3. The van der Waals surface area contributed by atoms with Crippen LogP contribution in [0.5, 0.6) is 0 Å². The Morgan fingerprint density at radius 3 is 1.59 bits per heavy atom. The van der Waals surface area contributed by atoms with Crippen molar-refractivity contribution in [2.45, 2.75) is 167 Å². The molecular weight excluding hydrogens is 642 g/mol. The van der Waals surface area contributed by atoms with Crippen molar-refractivity contribution in [1.29, 1.82) is 0 Å². The van der Waals surface area contributed by atoms with Crippen LogP contribution in [0.15, 0.2) is 48.6 Å². The van der Waals surface area contributed by atoms with Crippen molar-refractivity contribution < 1.29 is 38.2 Å². The van der Waals surface area contributed by atoms with Crippen molar-refractivity contribution >= 4 is 17.9 Å². The van der Waals surface area contributed by atoms with Gasteiger partial charge in [0, 0.05) is 19.3 Å². The minimum absolute atomic E-state index is 0.0444. The van der Waals surface area contributed by atoms with Gasteiger partial charge in [-0.3, -0.25) is 9.59 Å². The van der Waals surface area contributed by atoms with Crippen molar-refractivity contribution in [2.75, 3.05) is 41.0 Å². The molecule has 2 unspecified atom stereocenters. The Balaban J connectivity index is 4.47. The molecule has 0 aromatic heterocycles. The van der Waals surface area contributed by atoms with Gasteiger partial charge in [0.05, 0.1) is 34.4 Å². The molecule has 0 saturated carbocycles. The molecule has 0 heterocycles. The molecule has 0 aliphatic carbocycles. The third kappa shape index (κ3) is 32.9. The summed E-state index contributed by atoms with van der Waals surface area (Å²) in [4.78, 5) is 36.8. The van der Waals surface area contributed by atoms with Crippen LogP contribution in [0, 0.1) is 0 Å². The fourth-order valence-electron chi connectivity index (χ4n) is 5.55. The van der Waals surface area contributed by atoms with Crippen molar-refractivity contribution in [2.24, 2.45) is 0 Å². The normalized spacial score (nSPS) is 13.5. The molecule has 0 saturated heterocycles. The number of nitrogens with zero attached hydrogens (tertiary/aromatic N) is 1. The Labute approximate surface area is 312 Å². The molecule has 2 atom stereocenters. The molecule has 0 aromatic rings. The van der Waals surface area contributed by atoms with Gasteiger partial charge in [0.1, 0.15) is 6.61 Å². The fraction of sp³-hybridized carbons (Fsp3) is 0.744. The number of allylic oxidation sites excluding steroid dienone is 8. The third-order valence-corrected chi connectivity index (χ3v) is 8.73. The highest BCUT2D eigenvalue weighted by molar-refractivity contribution is 5.72. The number of carbonyl (C=O) groups excluding carboxylic acids is 2. The molecule has 294 valence electrons. The van der Waals surface area contributed by atoms with E-state index >= 15 is 0 Å². The van der Waals surface area contributed by atoms with E-state index in [1.807, 2.05) is 21.1 Å². The Morgan fingerprint density at radius 1 is 0.588 bits per heavy atom. The molecule has 0 radical (unpaired) electrons. The molecule has 0 aliphatic rings. The third-order valence-electron chi connectivity index (χ3n) is 8.73. The van der Waals surface area contributed by atoms with Gasteiger partial charge in [-0.25, -0.2) is 4.79 Å². The van der Waals surface area contributed by atoms with Gasteiger partial charge in [0.2, 0.25) is 0 Å². The summed E-state index contributed by atoms with van der Waals surface area (Å²) in [5.74, 6) is -1.54. The molecule has 0 bridgehead atoms. The second-order valence-corrected chi connectivity index (χ2v) is 14.5. The Bertz CT molecular complexity index is 979. The summed E-state index contributed by atoms with van der Waals surface area (Å²) in [5.41, 5.74) is 0. The lowest BCUT2D eigenvalue weighted by Crippen LogP contribution is -2.50. The summed E-state index contributed by atoms with van der Waals surface area (Å²) in [7, 11) is 5.50. The Hall–Kier alpha value is -2.71. The monoisotopic (exact) mass is 719 g/mol. The highest BCUT2D eigenvalue weighted by atomic mass is 16.6. The van der Waals surface area contributed by atoms with Crippen LogP contribution in [0.3, 0.4) is 0 Å². The van der Waals surface area contributed by atoms with E-state index in [2.05, 4.69) is 62.5 Å². The van der Waals surface area contributed by atoms with Crippen LogP contribution in [0.4, 0.5) is 0 Å². The first-order valence-electron chi connectivity index (χ1n) is 20.2. The molecule has 0 spiro atoms. The van der Waals surface area contributed by atoms with Gasteiger partial charge in [0.25, 0.3) is 0 Å². The van der Waals surface area contributed by atoms with Crippen LogP contribution in [0.25, 0.3) is 0 Å². The predicted octanol–water partition coefficient (Wildman–Crippen LogP) is 10.5. The summed E-state index contributed by atoms with van der Waals surface area (Å²) in [5, 5.41) is 9.58. The van der Waals surface area contributed by atoms with Crippen molar-refractivity contribution in [1.82, 2.24) is 0 Å². The van der Waals surface area contributed by atoms with Crippen molar-refractivity contribution in [3.05, 3.63) is 48.6 Å². The standard InChI is InChI=1S/C43H75NO7/c1-6-8-10-12-14-16-18-19-20-21-22-23-24-26-27-29-31-33-41(45)50-38-39(37-49-36-35-40(43(47)48)44(3,4)5)51-42(46)34-32-30-28-25-17-15-13-11-9-7-2/h14,16,19-20,22-23,26-27,39-40H,6-13,15,17-18,21,24-25,28-38H2,1-5H3/p+1/b16-14+,20-19+,23-22+,27-26+. The number of hydrogen-bond acceptors (Lipinski definition) is 6. The maximum Gasteiger partial charge on any atom is 0.362 e. The minimum atomic E-state index is -0.884. The molecule has 0 rings (SSSR count). The summed E-state index contributed by atoms with van der Waals surface area (Å²) in [6, 6.07) is -0.621. The number of hydrogen-bond donors (Lipinski definition) is 1. The lowest BCUT2D eigenvalue weighted by atomic mass is 10.1. The molecule has 0 amide bonds. The van der Waals surface area contributed by atoms with Gasteiger partial charge in [-0.15, -0.1) is 0 Å². The van der Waals surface area contributed by atoms with Gasteiger partial charge < -0.3 is 23.8 Å². The lowest BCUT2D eigenvalue weighted by Gasteiger charge is -2.31. The number of carboxylic acids is 1. The van der Waals surface area contributed by atoms with Crippen molar-refractivity contribution in [3.8, 4) is 0 Å². The van der Waals surface area contributed by atoms with Gasteiger partial charge in [-0.05, 0) is 51.4 Å². The molecule has 0 aliphatic heterocycles. The minimum Gasteiger partial charge on any atom is -0.477 e. The first kappa shape index (κ1) is 48.3. The number of aliphatic carboxylic acids is 1. The van der Waals surface area contributed by atoms with Gasteiger partial charge in [-0.1, -0.05) is 133 Å². The largest absolute Gasteiger partial charge is 0.477 e. The van der Waals surface area contributed by atoms with E-state index < -0.39 is 18.1 Å². The Morgan fingerprint density at radius 2 is 1.06 bits per heavy atom. The zero-order chi connectivity index (χ0) is 37.8. The molecule has 8 nitrogen and oxygen atoms in total. The van der Waals surface area contributed by atoms with Crippen LogP contribution in [0.1, 0.15) is 155 Å². The number of rotatable bonds is 35. The zero-order valence-electron chi connectivity index (χ0n) is 33.3. The summed E-state index contributed by atoms with van der Waals surface area (Å²) in [6.07, 6.45) is 38.7. The first-order valence-corrected chi connectivity index (χ1v) is 20.2. The summed E-state index contributed by atoms with van der Waals surface area (Å²) < 4.78 is 17.1. The number of carbonyl (C=O) groups is 3. The quantitative estimate of drug-likeness (QED) is 0.0301. The average Bonchev–Trinajstić information content (AvgIpc) is 3.08. The van der Waals surface area contributed by atoms with E-state index in [0.717, 1.165) is 44.9 Å². The van der Waals surface area contributed by atoms with Crippen molar-refractivity contribution in [3.63, 3.8) is 0 Å². The fourth-order valence-corrected chi connectivity index (χ4v) is 5.55. The second-order valence-electron chi connectivity index (χ2n) is 14.5. The van der Waals surface area contributed by atoms with Gasteiger partial charge in [0.15, 0.2) is 12.1 Å². The number of carboxylic acid groups (broad SMARTS) is 1. The molecule has 1 N–H and O–H groups in total. The topological polar surface area (TPSA) is 99.1 Å².